The zero-order valence-corrected chi connectivity index (χ0v) is 15.7. The van der Waals surface area contributed by atoms with E-state index in [1.165, 1.54) is 0 Å². The molecule has 0 aromatic carbocycles. The number of amides is 1. The molecule has 1 amide bonds. The van der Waals surface area contributed by atoms with Crippen molar-refractivity contribution in [2.75, 3.05) is 13.2 Å². The van der Waals surface area contributed by atoms with Gasteiger partial charge < -0.3 is 14.4 Å². The molecule has 126 valence electrons. The molecule has 1 saturated heterocycles. The van der Waals surface area contributed by atoms with E-state index in [2.05, 4.69) is 46.0 Å². The number of carboxylic acid groups (broad SMARTS) is 1. The van der Waals surface area contributed by atoms with Gasteiger partial charge in [-0.2, -0.15) is 0 Å². The lowest BCUT2D eigenvalue weighted by atomic mass is 9.83. The summed E-state index contributed by atoms with van der Waals surface area (Å²) in [5.74, 6) is 0. The maximum Gasteiger partial charge on any atom is 0.407 e. The Morgan fingerprint density at radius 2 is 1.95 bits per heavy atom. The van der Waals surface area contributed by atoms with Crippen LogP contribution in [-0.4, -0.2) is 43.6 Å². The molecule has 1 spiro atoms. The zero-order valence-electron chi connectivity index (χ0n) is 14.7. The van der Waals surface area contributed by atoms with Gasteiger partial charge in [0.1, 0.15) is 0 Å². The molecule has 1 aliphatic heterocycles. The largest absolute Gasteiger partial charge is 0.465 e. The highest BCUT2D eigenvalue weighted by Crippen LogP contribution is 2.45. The van der Waals surface area contributed by atoms with E-state index in [0.29, 0.717) is 13.2 Å². The predicted octanol–water partition coefficient (Wildman–Crippen LogP) is 4.49. The second-order valence-electron chi connectivity index (χ2n) is 8.55. The van der Waals surface area contributed by atoms with Crippen molar-refractivity contribution in [3.8, 4) is 0 Å². The van der Waals surface area contributed by atoms with Gasteiger partial charge in [-0.25, -0.2) is 4.79 Å². The highest BCUT2D eigenvalue weighted by molar-refractivity contribution is 6.74. The number of hydrogen-bond donors (Lipinski definition) is 1. The molecule has 0 bridgehead atoms. The van der Waals surface area contributed by atoms with Gasteiger partial charge in [0.15, 0.2) is 8.32 Å². The summed E-state index contributed by atoms with van der Waals surface area (Å²) >= 11 is 0. The minimum Gasteiger partial charge on any atom is -0.465 e. The van der Waals surface area contributed by atoms with Crippen LogP contribution in [-0.2, 0) is 4.43 Å². The summed E-state index contributed by atoms with van der Waals surface area (Å²) < 4.78 is 6.24. The Hall–Kier alpha value is -0.813. The van der Waals surface area contributed by atoms with Gasteiger partial charge >= 0.3 is 6.09 Å². The molecule has 2 rings (SSSR count). The van der Waals surface area contributed by atoms with Crippen molar-refractivity contribution in [1.29, 1.82) is 0 Å². The number of allylic oxidation sites excluding steroid dienone is 2. The van der Waals surface area contributed by atoms with Crippen LogP contribution in [0.2, 0.25) is 18.1 Å². The van der Waals surface area contributed by atoms with Crippen LogP contribution < -0.4 is 0 Å². The van der Waals surface area contributed by atoms with E-state index >= 15 is 0 Å². The van der Waals surface area contributed by atoms with Gasteiger partial charge in [-0.1, -0.05) is 32.9 Å². The van der Waals surface area contributed by atoms with Gasteiger partial charge in [-0.3, -0.25) is 0 Å². The molecule has 0 unspecified atom stereocenters. The highest BCUT2D eigenvalue weighted by Gasteiger charge is 2.46. The number of rotatable bonds is 4. The average Bonchev–Trinajstić information content (AvgIpc) is 2.96. The van der Waals surface area contributed by atoms with Crippen LogP contribution in [0.3, 0.4) is 0 Å². The van der Waals surface area contributed by atoms with Crippen LogP contribution in [0, 0.1) is 5.41 Å². The van der Waals surface area contributed by atoms with E-state index in [0.717, 1.165) is 25.7 Å². The summed E-state index contributed by atoms with van der Waals surface area (Å²) in [6, 6.07) is 0.113. The van der Waals surface area contributed by atoms with E-state index < -0.39 is 14.4 Å². The second-order valence-corrected chi connectivity index (χ2v) is 13.4. The SMILES string of the molecule is CC(C)(C)[Si](C)(C)OCC[C@H]1CC2(CC=CC2)CN1C(=O)O. The normalized spacial score (nSPS) is 24.4. The van der Waals surface area contributed by atoms with Crippen LogP contribution in [0.1, 0.15) is 46.5 Å². The Balaban J connectivity index is 1.92. The molecule has 0 radical (unpaired) electrons. The van der Waals surface area contributed by atoms with Crippen LogP contribution in [0.5, 0.6) is 0 Å². The van der Waals surface area contributed by atoms with Crippen LogP contribution in [0.4, 0.5) is 4.79 Å². The smallest absolute Gasteiger partial charge is 0.407 e. The molecule has 1 fully saturated rings. The molecule has 2 aliphatic rings. The Bertz CT molecular complexity index is 445. The summed E-state index contributed by atoms with van der Waals surface area (Å²) in [6.45, 7) is 12.6. The summed E-state index contributed by atoms with van der Waals surface area (Å²) in [5, 5.41) is 9.69. The predicted molar refractivity (Wildman–Crippen MR) is 91.7 cm³/mol. The lowest BCUT2D eigenvalue weighted by Gasteiger charge is -2.36. The van der Waals surface area contributed by atoms with Gasteiger partial charge in [0.05, 0.1) is 0 Å². The van der Waals surface area contributed by atoms with E-state index in [4.69, 9.17) is 4.43 Å². The molecule has 0 aromatic heterocycles. The van der Waals surface area contributed by atoms with Crippen molar-refractivity contribution >= 4 is 14.4 Å². The first-order valence-corrected chi connectivity index (χ1v) is 11.3. The van der Waals surface area contributed by atoms with Crippen molar-refractivity contribution in [3.63, 3.8) is 0 Å². The van der Waals surface area contributed by atoms with Crippen LogP contribution in [0.15, 0.2) is 12.2 Å². The summed E-state index contributed by atoms with van der Waals surface area (Å²) in [4.78, 5) is 13.2. The average molecular weight is 326 g/mol. The quantitative estimate of drug-likeness (QED) is 0.612. The standard InChI is InChI=1S/C17H31NO3Si/c1-16(2,3)22(4,5)21-11-8-14-12-17(9-6-7-10-17)13-18(14)15(19)20/h6-7,14H,8-13H2,1-5H3,(H,19,20)/t14-/m0/s1. The molecular formula is C17H31NO3Si. The minimum atomic E-state index is -1.74. The third kappa shape index (κ3) is 3.57. The van der Waals surface area contributed by atoms with Crippen molar-refractivity contribution in [2.24, 2.45) is 5.41 Å². The summed E-state index contributed by atoms with van der Waals surface area (Å²) in [5.41, 5.74) is 0.167. The van der Waals surface area contributed by atoms with Gasteiger partial charge in [-0.05, 0) is 49.2 Å². The lowest BCUT2D eigenvalue weighted by molar-refractivity contribution is 0.129. The van der Waals surface area contributed by atoms with E-state index in [-0.39, 0.29) is 16.5 Å². The van der Waals surface area contributed by atoms with Crippen LogP contribution in [0.25, 0.3) is 0 Å². The number of nitrogens with zero attached hydrogens (tertiary/aromatic N) is 1. The Morgan fingerprint density at radius 1 is 1.36 bits per heavy atom. The minimum absolute atomic E-state index is 0.113. The lowest BCUT2D eigenvalue weighted by Crippen LogP contribution is -2.42. The first-order valence-electron chi connectivity index (χ1n) is 8.35. The topological polar surface area (TPSA) is 49.8 Å². The second kappa shape index (κ2) is 6.00. The van der Waals surface area contributed by atoms with Crippen LogP contribution >= 0.6 is 0 Å². The molecular weight excluding hydrogens is 294 g/mol. The Labute approximate surface area is 135 Å². The summed E-state index contributed by atoms with van der Waals surface area (Å²) in [6.07, 6.45) is 7.48. The van der Waals surface area contributed by atoms with Crippen molar-refractivity contribution in [2.45, 2.75) is 70.6 Å². The third-order valence-corrected chi connectivity index (χ3v) is 10.4. The first-order chi connectivity index (χ1) is 10.1. The fourth-order valence-corrected chi connectivity index (χ4v) is 4.42. The molecule has 22 heavy (non-hydrogen) atoms. The van der Waals surface area contributed by atoms with E-state index in [1.54, 1.807) is 4.90 Å². The monoisotopic (exact) mass is 325 g/mol. The van der Waals surface area contributed by atoms with Gasteiger partial charge in [0.2, 0.25) is 0 Å². The van der Waals surface area contributed by atoms with Gasteiger partial charge in [0, 0.05) is 19.2 Å². The molecule has 1 heterocycles. The number of hydrogen-bond acceptors (Lipinski definition) is 2. The van der Waals surface area contributed by atoms with E-state index in [1.807, 2.05) is 0 Å². The van der Waals surface area contributed by atoms with Crippen molar-refractivity contribution < 1.29 is 14.3 Å². The van der Waals surface area contributed by atoms with E-state index in [9.17, 15) is 9.90 Å². The molecule has 1 N–H and O–H groups in total. The number of likely N-dealkylation sites (tertiary alicyclic amines) is 1. The van der Waals surface area contributed by atoms with Gasteiger partial charge in [0.25, 0.3) is 0 Å². The zero-order chi connectivity index (χ0) is 16.6. The summed E-state index contributed by atoms with van der Waals surface area (Å²) in [7, 11) is -1.74. The van der Waals surface area contributed by atoms with Crippen molar-refractivity contribution in [1.82, 2.24) is 4.90 Å². The fourth-order valence-electron chi connectivity index (χ4n) is 3.36. The molecule has 4 nitrogen and oxygen atoms in total. The molecule has 0 saturated carbocycles. The van der Waals surface area contributed by atoms with Crippen molar-refractivity contribution in [3.05, 3.63) is 12.2 Å². The molecule has 0 aromatic rings. The Kier molecular flexibility index (Phi) is 4.79. The number of carbonyl (C=O) groups is 1. The highest BCUT2D eigenvalue weighted by atomic mass is 28.4. The molecule has 5 heteroatoms. The maximum absolute atomic E-state index is 11.5. The molecule has 1 atom stereocenters. The fraction of sp³-hybridized carbons (Fsp3) is 0.824. The molecule has 1 aliphatic carbocycles. The third-order valence-electron chi connectivity index (χ3n) is 5.85. The first kappa shape index (κ1) is 17.5. The van der Waals surface area contributed by atoms with Gasteiger partial charge in [-0.15, -0.1) is 0 Å². The maximum atomic E-state index is 11.5. The Morgan fingerprint density at radius 3 is 2.45 bits per heavy atom.